The number of rotatable bonds is 6. The summed E-state index contributed by atoms with van der Waals surface area (Å²) in [6.45, 7) is 0. The Morgan fingerprint density at radius 2 is 1.75 bits per heavy atom. The third kappa shape index (κ3) is 3.78. The summed E-state index contributed by atoms with van der Waals surface area (Å²) in [7, 11) is 5.90. The Balaban J connectivity index is 1.61. The first-order chi connectivity index (χ1) is 17.5. The van der Waals surface area contributed by atoms with Crippen LogP contribution in [-0.4, -0.2) is 45.2 Å². The number of carbonyl (C=O) groups is 2. The highest BCUT2D eigenvalue weighted by atomic mass is 16.5. The van der Waals surface area contributed by atoms with E-state index >= 15 is 0 Å². The van der Waals surface area contributed by atoms with Crippen LogP contribution in [0.2, 0.25) is 0 Å². The first kappa shape index (κ1) is 23.2. The minimum atomic E-state index is -0.470. The average Bonchev–Trinajstić information content (AvgIpc) is 3.22. The van der Waals surface area contributed by atoms with E-state index in [0.717, 1.165) is 0 Å². The summed E-state index contributed by atoms with van der Waals surface area (Å²) in [5, 5.41) is 0. The van der Waals surface area contributed by atoms with Crippen LogP contribution in [0.3, 0.4) is 0 Å². The van der Waals surface area contributed by atoms with Gasteiger partial charge in [-0.3, -0.25) is 9.59 Å². The number of fused-ring (bicyclic) bond motifs is 4. The van der Waals surface area contributed by atoms with Crippen LogP contribution >= 0.6 is 0 Å². The molecule has 0 saturated carbocycles. The van der Waals surface area contributed by atoms with E-state index in [2.05, 4.69) is 4.98 Å². The Morgan fingerprint density at radius 3 is 2.47 bits per heavy atom. The molecule has 184 valence electrons. The molecule has 1 aromatic heterocycles. The molecule has 2 aliphatic heterocycles. The minimum Gasteiger partial charge on any atom is -0.496 e. The van der Waals surface area contributed by atoms with Crippen molar-refractivity contribution < 1.29 is 38.0 Å². The summed E-state index contributed by atoms with van der Waals surface area (Å²) < 4.78 is 33.3. The SMILES string of the molecule is COC(=O)C[C@H]1c2cccnc2Oc2ccc3c(c21)O/C(=C\c1cc(OC)c(OC)cc1OC)C3=O. The molecule has 0 saturated heterocycles. The third-order valence-electron chi connectivity index (χ3n) is 6.19. The molecule has 0 fully saturated rings. The van der Waals surface area contributed by atoms with Gasteiger partial charge in [0.25, 0.3) is 0 Å². The molecule has 1 atom stereocenters. The van der Waals surface area contributed by atoms with E-state index in [9.17, 15) is 9.59 Å². The molecule has 5 rings (SSSR count). The maximum Gasteiger partial charge on any atom is 0.306 e. The van der Waals surface area contributed by atoms with Crippen LogP contribution in [0.1, 0.15) is 39.4 Å². The predicted octanol–water partition coefficient (Wildman–Crippen LogP) is 4.52. The van der Waals surface area contributed by atoms with E-state index < -0.39 is 11.9 Å². The second-order valence-electron chi connectivity index (χ2n) is 8.08. The standard InChI is InChI=1S/C27H23NO8/c1-31-19-13-21(33-3)20(32-2)10-14(19)11-22-25(30)16-7-8-18-24(26(16)35-22)17(12-23(29)34-4)15-6-5-9-28-27(15)36-18/h5-11,13,17H,12H2,1-4H3/b22-11-/t17-/m0/s1. The molecular weight excluding hydrogens is 466 g/mol. The van der Waals surface area contributed by atoms with Crippen LogP contribution in [0, 0.1) is 0 Å². The van der Waals surface area contributed by atoms with Gasteiger partial charge in [0.05, 0.1) is 40.4 Å². The van der Waals surface area contributed by atoms with Gasteiger partial charge in [0, 0.05) is 34.9 Å². The lowest BCUT2D eigenvalue weighted by Crippen LogP contribution is -2.16. The van der Waals surface area contributed by atoms with E-state index in [1.807, 2.05) is 6.07 Å². The topological polar surface area (TPSA) is 102 Å². The maximum atomic E-state index is 13.4. The summed E-state index contributed by atoms with van der Waals surface area (Å²) >= 11 is 0. The average molecular weight is 489 g/mol. The van der Waals surface area contributed by atoms with Crippen LogP contribution in [0.5, 0.6) is 34.6 Å². The number of ketones is 1. The van der Waals surface area contributed by atoms with Gasteiger partial charge in [0.1, 0.15) is 17.2 Å². The number of methoxy groups -OCH3 is 4. The number of esters is 1. The predicted molar refractivity (Wildman–Crippen MR) is 128 cm³/mol. The normalized spacial score (nSPS) is 16.3. The summed E-state index contributed by atoms with van der Waals surface area (Å²) in [5.41, 5.74) is 2.23. The number of carbonyl (C=O) groups excluding carboxylic acids is 2. The zero-order valence-corrected chi connectivity index (χ0v) is 20.1. The van der Waals surface area contributed by atoms with E-state index in [4.69, 9.17) is 28.4 Å². The zero-order chi connectivity index (χ0) is 25.4. The summed E-state index contributed by atoms with van der Waals surface area (Å²) in [5.74, 6) is 1.55. The maximum absolute atomic E-state index is 13.4. The highest BCUT2D eigenvalue weighted by Crippen LogP contribution is 2.52. The lowest BCUT2D eigenvalue weighted by Gasteiger charge is -2.27. The molecule has 9 heteroatoms. The molecule has 3 heterocycles. The van der Waals surface area contributed by atoms with Crippen molar-refractivity contribution in [1.82, 2.24) is 4.98 Å². The zero-order valence-electron chi connectivity index (χ0n) is 20.1. The van der Waals surface area contributed by atoms with Crippen molar-refractivity contribution >= 4 is 17.8 Å². The number of hydrogen-bond donors (Lipinski definition) is 0. The lowest BCUT2D eigenvalue weighted by atomic mass is 9.85. The molecule has 3 aromatic rings. The van der Waals surface area contributed by atoms with Crippen molar-refractivity contribution in [1.29, 1.82) is 0 Å². The number of hydrogen-bond acceptors (Lipinski definition) is 9. The largest absolute Gasteiger partial charge is 0.496 e. The molecule has 0 aliphatic carbocycles. The van der Waals surface area contributed by atoms with Crippen LogP contribution in [0.4, 0.5) is 0 Å². The molecule has 0 amide bonds. The molecule has 2 aliphatic rings. The highest BCUT2D eigenvalue weighted by molar-refractivity contribution is 6.15. The van der Waals surface area contributed by atoms with Gasteiger partial charge >= 0.3 is 5.97 Å². The third-order valence-corrected chi connectivity index (χ3v) is 6.19. The molecular formula is C27H23NO8. The Kier molecular flexibility index (Phi) is 5.97. The molecule has 0 N–H and O–H groups in total. The molecule has 36 heavy (non-hydrogen) atoms. The molecule has 0 spiro atoms. The number of ether oxygens (including phenoxy) is 6. The lowest BCUT2D eigenvalue weighted by molar-refractivity contribution is -0.140. The van der Waals surface area contributed by atoms with Gasteiger partial charge in [-0.05, 0) is 30.3 Å². The quantitative estimate of drug-likeness (QED) is 0.365. The Bertz CT molecular complexity index is 1410. The van der Waals surface area contributed by atoms with E-state index in [1.54, 1.807) is 42.6 Å². The Hall–Kier alpha value is -4.53. The smallest absolute Gasteiger partial charge is 0.306 e. The summed E-state index contributed by atoms with van der Waals surface area (Å²) in [6.07, 6.45) is 3.23. The second kappa shape index (κ2) is 9.26. The first-order valence-electron chi connectivity index (χ1n) is 11.1. The van der Waals surface area contributed by atoms with Crippen molar-refractivity contribution in [2.24, 2.45) is 0 Å². The van der Waals surface area contributed by atoms with Crippen LogP contribution < -0.4 is 23.7 Å². The molecule has 0 bridgehead atoms. The molecule has 9 nitrogen and oxygen atoms in total. The second-order valence-corrected chi connectivity index (χ2v) is 8.08. The summed E-state index contributed by atoms with van der Waals surface area (Å²) in [6, 6.07) is 10.3. The van der Waals surface area contributed by atoms with Crippen molar-refractivity contribution in [3.05, 3.63) is 70.6 Å². The van der Waals surface area contributed by atoms with E-state index in [0.29, 0.717) is 56.9 Å². The van der Waals surface area contributed by atoms with Gasteiger partial charge in [-0.25, -0.2) is 4.98 Å². The van der Waals surface area contributed by atoms with E-state index in [1.165, 1.54) is 28.4 Å². The Labute approximate surface area is 207 Å². The molecule has 0 radical (unpaired) electrons. The molecule has 2 aromatic carbocycles. The number of nitrogens with zero attached hydrogens (tertiary/aromatic N) is 1. The number of benzene rings is 2. The Morgan fingerprint density at radius 1 is 1.00 bits per heavy atom. The van der Waals surface area contributed by atoms with Gasteiger partial charge in [-0.1, -0.05) is 6.07 Å². The monoisotopic (exact) mass is 489 g/mol. The van der Waals surface area contributed by atoms with Crippen LogP contribution in [0.15, 0.2) is 48.4 Å². The van der Waals surface area contributed by atoms with Crippen molar-refractivity contribution in [3.63, 3.8) is 0 Å². The fourth-order valence-corrected chi connectivity index (χ4v) is 4.46. The van der Waals surface area contributed by atoms with Crippen molar-refractivity contribution in [2.45, 2.75) is 12.3 Å². The van der Waals surface area contributed by atoms with Gasteiger partial charge < -0.3 is 28.4 Å². The number of Topliss-reactive ketones (excluding diaryl/α,β-unsaturated/α-hetero) is 1. The van der Waals surface area contributed by atoms with Crippen LogP contribution in [0.25, 0.3) is 6.08 Å². The van der Waals surface area contributed by atoms with Gasteiger partial charge in [-0.15, -0.1) is 0 Å². The van der Waals surface area contributed by atoms with Crippen molar-refractivity contribution in [2.75, 3.05) is 28.4 Å². The van der Waals surface area contributed by atoms with Gasteiger partial charge in [-0.2, -0.15) is 0 Å². The van der Waals surface area contributed by atoms with Gasteiger partial charge in [0.2, 0.25) is 11.7 Å². The van der Waals surface area contributed by atoms with E-state index in [-0.39, 0.29) is 18.0 Å². The fraction of sp³-hybridized carbons (Fsp3) is 0.222. The highest BCUT2D eigenvalue weighted by Gasteiger charge is 2.39. The fourth-order valence-electron chi connectivity index (χ4n) is 4.46. The van der Waals surface area contributed by atoms with Crippen LogP contribution in [-0.2, 0) is 9.53 Å². The number of allylic oxidation sites excluding steroid dienone is 1. The first-order valence-corrected chi connectivity index (χ1v) is 11.1. The van der Waals surface area contributed by atoms with Crippen molar-refractivity contribution in [3.8, 4) is 34.6 Å². The summed E-state index contributed by atoms with van der Waals surface area (Å²) in [4.78, 5) is 30.0. The minimum absolute atomic E-state index is 0.0299. The van der Waals surface area contributed by atoms with Gasteiger partial charge in [0.15, 0.2) is 17.3 Å². The number of aromatic nitrogens is 1. The number of pyridine rings is 1. The molecule has 0 unspecified atom stereocenters.